The van der Waals surface area contributed by atoms with E-state index in [-0.39, 0.29) is 12.3 Å². The first-order valence-electron chi connectivity index (χ1n) is 4.44. The van der Waals surface area contributed by atoms with Crippen molar-refractivity contribution in [1.29, 1.82) is 0 Å². The second kappa shape index (κ2) is 4.40. The second-order valence-electron chi connectivity index (χ2n) is 4.38. The Morgan fingerprint density at radius 2 is 1.92 bits per heavy atom. The van der Waals surface area contributed by atoms with Crippen LogP contribution in [0.2, 0.25) is 0 Å². The Labute approximate surface area is 84.9 Å². The second-order valence-corrected chi connectivity index (χ2v) is 5.01. The lowest BCUT2D eigenvalue weighted by atomic mass is 10.1. The van der Waals surface area contributed by atoms with Crippen molar-refractivity contribution in [2.45, 2.75) is 24.8 Å². The van der Waals surface area contributed by atoms with Gasteiger partial charge in [-0.2, -0.15) is 0 Å². The first-order chi connectivity index (χ1) is 5.69. The number of aliphatic hydroxyl groups is 1. The maximum atomic E-state index is 11.4. The zero-order valence-corrected chi connectivity index (χ0v) is 9.56. The fraction of sp³-hybridized carbons (Fsp3) is 0.889. The summed E-state index contributed by atoms with van der Waals surface area (Å²) in [5.74, 6) is -0.287. The van der Waals surface area contributed by atoms with Crippen LogP contribution in [0.25, 0.3) is 0 Å². The van der Waals surface area contributed by atoms with Gasteiger partial charge in [-0.25, -0.2) is 0 Å². The molecular formula is C9H19ClNO2+. The summed E-state index contributed by atoms with van der Waals surface area (Å²) in [4.78, 5) is 11.4. The minimum Gasteiger partial charge on any atom is -0.364 e. The number of carbonyl (C=O) groups is 1. The van der Waals surface area contributed by atoms with E-state index in [0.29, 0.717) is 17.3 Å². The highest BCUT2D eigenvalue weighted by atomic mass is 35.5. The Balaban J connectivity index is 4.30. The van der Waals surface area contributed by atoms with Crippen LogP contribution in [-0.4, -0.2) is 48.1 Å². The van der Waals surface area contributed by atoms with Crippen molar-refractivity contribution in [3.63, 3.8) is 0 Å². The number of ketones is 1. The van der Waals surface area contributed by atoms with Gasteiger partial charge in [0, 0.05) is 6.42 Å². The van der Waals surface area contributed by atoms with E-state index in [4.69, 9.17) is 11.6 Å². The van der Waals surface area contributed by atoms with Crippen molar-refractivity contribution in [1.82, 2.24) is 0 Å². The van der Waals surface area contributed by atoms with E-state index in [1.165, 1.54) is 0 Å². The van der Waals surface area contributed by atoms with Gasteiger partial charge in [0.1, 0.15) is 6.54 Å². The normalized spacial score (nSPS) is 16.8. The number of halogens is 1. The summed E-state index contributed by atoms with van der Waals surface area (Å²) in [7, 11) is 5.64. The summed E-state index contributed by atoms with van der Waals surface area (Å²) < 4.78 is 0.468. The number of likely N-dealkylation sites (N-methyl/N-ethyl adjacent to an activating group) is 1. The molecule has 0 aliphatic heterocycles. The molecular weight excluding hydrogens is 190 g/mol. The Kier molecular flexibility index (Phi) is 4.36. The number of nitrogens with zero attached hydrogens (tertiary/aromatic N) is 1. The molecule has 3 nitrogen and oxygen atoms in total. The van der Waals surface area contributed by atoms with Gasteiger partial charge in [0.25, 0.3) is 0 Å². The molecule has 0 fully saturated rings. The number of rotatable bonds is 5. The number of alkyl halides is 1. The summed E-state index contributed by atoms with van der Waals surface area (Å²) in [5, 5.41) is 7.95. The van der Waals surface area contributed by atoms with Gasteiger partial charge in [0.05, 0.1) is 21.1 Å². The molecule has 1 unspecified atom stereocenters. The van der Waals surface area contributed by atoms with Crippen molar-refractivity contribution in [3.8, 4) is 0 Å². The third-order valence-corrected chi connectivity index (χ3v) is 1.92. The quantitative estimate of drug-likeness (QED) is 0.541. The summed E-state index contributed by atoms with van der Waals surface area (Å²) in [6.07, 6.45) is 1.05. The molecule has 13 heavy (non-hydrogen) atoms. The molecule has 1 N–H and O–H groups in total. The minimum atomic E-state index is -1.70. The third-order valence-electron chi connectivity index (χ3n) is 1.59. The molecule has 0 amide bonds. The molecule has 0 aromatic rings. The molecule has 0 aromatic carbocycles. The van der Waals surface area contributed by atoms with Gasteiger partial charge in [0.15, 0.2) is 5.78 Å². The van der Waals surface area contributed by atoms with Gasteiger partial charge in [0.2, 0.25) is 5.06 Å². The van der Waals surface area contributed by atoms with E-state index >= 15 is 0 Å². The average Bonchev–Trinajstić information content (AvgIpc) is 1.82. The number of Topliss-reactive ketones (excluding diaryl/α,β-unsaturated/α-hetero) is 1. The van der Waals surface area contributed by atoms with E-state index in [1.54, 1.807) is 0 Å². The maximum Gasteiger partial charge on any atom is 0.247 e. The van der Waals surface area contributed by atoms with Crippen molar-refractivity contribution >= 4 is 17.4 Å². The van der Waals surface area contributed by atoms with Crippen LogP contribution in [0.5, 0.6) is 0 Å². The summed E-state index contributed by atoms with van der Waals surface area (Å²) >= 11 is 5.74. The van der Waals surface area contributed by atoms with Crippen LogP contribution >= 0.6 is 11.6 Å². The fourth-order valence-electron chi connectivity index (χ4n) is 1.14. The topological polar surface area (TPSA) is 37.3 Å². The van der Waals surface area contributed by atoms with Crippen LogP contribution in [0.4, 0.5) is 0 Å². The first-order valence-corrected chi connectivity index (χ1v) is 4.82. The highest BCUT2D eigenvalue weighted by molar-refractivity contribution is 6.33. The van der Waals surface area contributed by atoms with Crippen molar-refractivity contribution < 1.29 is 14.4 Å². The van der Waals surface area contributed by atoms with Crippen LogP contribution < -0.4 is 0 Å². The van der Waals surface area contributed by atoms with Gasteiger partial charge in [-0.3, -0.25) is 4.79 Å². The molecule has 0 saturated carbocycles. The maximum absolute atomic E-state index is 11.4. The molecule has 0 heterocycles. The molecule has 0 radical (unpaired) electrons. The lowest BCUT2D eigenvalue weighted by Gasteiger charge is -2.30. The first kappa shape index (κ1) is 12.9. The minimum absolute atomic E-state index is 0.230. The molecule has 0 bridgehead atoms. The van der Waals surface area contributed by atoms with Crippen LogP contribution in [0.3, 0.4) is 0 Å². The SMILES string of the molecule is CCCC(=O)C(O)(Cl)C[N+](C)(C)C. The summed E-state index contributed by atoms with van der Waals surface area (Å²) in [6, 6.07) is 0. The highest BCUT2D eigenvalue weighted by Crippen LogP contribution is 2.18. The van der Waals surface area contributed by atoms with E-state index in [9.17, 15) is 9.90 Å². The fourth-order valence-corrected chi connectivity index (χ4v) is 1.59. The van der Waals surface area contributed by atoms with Gasteiger partial charge in [-0.15, -0.1) is 0 Å². The zero-order valence-electron chi connectivity index (χ0n) is 8.80. The Hall–Kier alpha value is -0.120. The molecule has 0 rings (SSSR count). The summed E-state index contributed by atoms with van der Waals surface area (Å²) in [5.41, 5.74) is 0. The lowest BCUT2D eigenvalue weighted by molar-refractivity contribution is -0.873. The van der Waals surface area contributed by atoms with Gasteiger partial charge in [-0.05, 0) is 6.42 Å². The van der Waals surface area contributed by atoms with E-state index in [0.717, 1.165) is 0 Å². The predicted octanol–water partition coefficient (Wildman–Crippen LogP) is 0.989. The Morgan fingerprint density at radius 3 is 2.23 bits per heavy atom. The Bertz CT molecular complexity index is 185. The smallest absolute Gasteiger partial charge is 0.247 e. The molecule has 78 valence electrons. The van der Waals surface area contributed by atoms with E-state index in [2.05, 4.69) is 0 Å². The number of carbonyl (C=O) groups excluding carboxylic acids is 1. The van der Waals surface area contributed by atoms with Crippen LogP contribution in [0.15, 0.2) is 0 Å². The largest absolute Gasteiger partial charge is 0.364 e. The van der Waals surface area contributed by atoms with Gasteiger partial charge in [-0.1, -0.05) is 18.5 Å². The lowest BCUT2D eigenvalue weighted by Crippen LogP contribution is -2.50. The van der Waals surface area contributed by atoms with Gasteiger partial charge < -0.3 is 9.59 Å². The van der Waals surface area contributed by atoms with Gasteiger partial charge >= 0.3 is 0 Å². The molecule has 0 aliphatic rings. The average molecular weight is 209 g/mol. The molecule has 0 saturated heterocycles. The highest BCUT2D eigenvalue weighted by Gasteiger charge is 2.37. The number of hydrogen-bond acceptors (Lipinski definition) is 2. The third kappa shape index (κ3) is 5.24. The van der Waals surface area contributed by atoms with Crippen LogP contribution in [0, 0.1) is 0 Å². The molecule has 0 spiro atoms. The monoisotopic (exact) mass is 208 g/mol. The van der Waals surface area contributed by atoms with E-state index < -0.39 is 5.06 Å². The predicted molar refractivity (Wildman–Crippen MR) is 53.6 cm³/mol. The van der Waals surface area contributed by atoms with E-state index in [1.807, 2.05) is 28.1 Å². The zero-order chi connectivity index (χ0) is 10.7. The van der Waals surface area contributed by atoms with Crippen molar-refractivity contribution in [2.75, 3.05) is 27.7 Å². The number of hydrogen-bond donors (Lipinski definition) is 1. The van der Waals surface area contributed by atoms with Crippen molar-refractivity contribution in [3.05, 3.63) is 0 Å². The number of quaternary nitrogens is 1. The molecule has 0 aliphatic carbocycles. The van der Waals surface area contributed by atoms with Crippen LogP contribution in [-0.2, 0) is 4.79 Å². The standard InChI is InChI=1S/C9H19ClNO2/c1-5-6-8(12)9(10,13)7-11(2,3)4/h13H,5-7H2,1-4H3/q+1. The molecule has 1 atom stereocenters. The van der Waals surface area contributed by atoms with Crippen LogP contribution in [0.1, 0.15) is 19.8 Å². The Morgan fingerprint density at radius 1 is 1.46 bits per heavy atom. The summed E-state index contributed by atoms with van der Waals surface area (Å²) in [6.45, 7) is 2.12. The molecule has 4 heteroatoms. The molecule has 0 aromatic heterocycles. The van der Waals surface area contributed by atoms with Crippen molar-refractivity contribution in [2.24, 2.45) is 0 Å².